The number of hydrogen-bond acceptors (Lipinski definition) is 6. The number of aryl methyl sites for hydroxylation is 2. The first kappa shape index (κ1) is 21.3. The van der Waals surface area contributed by atoms with Crippen molar-refractivity contribution in [3.05, 3.63) is 65.2 Å². The number of carbonyl (C=O) groups is 2. The van der Waals surface area contributed by atoms with Crippen molar-refractivity contribution in [1.29, 1.82) is 0 Å². The Kier molecular flexibility index (Phi) is 5.81. The first-order valence-corrected chi connectivity index (χ1v) is 10.9. The van der Waals surface area contributed by atoms with Crippen LogP contribution >= 0.6 is 11.3 Å². The molecule has 0 saturated carbocycles. The van der Waals surface area contributed by atoms with Crippen LogP contribution in [0.5, 0.6) is 5.06 Å². The van der Waals surface area contributed by atoms with E-state index in [9.17, 15) is 18.0 Å². The van der Waals surface area contributed by atoms with E-state index in [0.29, 0.717) is 21.6 Å². The predicted molar refractivity (Wildman–Crippen MR) is 114 cm³/mol. The molecule has 0 radical (unpaired) electrons. The van der Waals surface area contributed by atoms with Crippen molar-refractivity contribution < 1.29 is 27.9 Å². The Labute approximate surface area is 177 Å². The maximum absolute atomic E-state index is 12.9. The molecule has 0 aliphatic rings. The summed E-state index contributed by atoms with van der Waals surface area (Å²) in [6.45, 7) is 3.53. The van der Waals surface area contributed by atoms with E-state index in [2.05, 4.69) is 4.72 Å². The smallest absolute Gasteiger partial charge is 0.449 e. The van der Waals surface area contributed by atoms with E-state index in [4.69, 9.17) is 15.6 Å². The van der Waals surface area contributed by atoms with Crippen molar-refractivity contribution in [3.8, 4) is 15.5 Å². The number of carboxylic acid groups (broad SMARTS) is 1. The minimum absolute atomic E-state index is 0.00338. The van der Waals surface area contributed by atoms with Crippen LogP contribution in [0.25, 0.3) is 10.4 Å². The highest BCUT2D eigenvalue weighted by Crippen LogP contribution is 2.42. The number of thiophene rings is 1. The molecular weight excluding hydrogens is 428 g/mol. The third-order valence-corrected chi connectivity index (χ3v) is 6.78. The van der Waals surface area contributed by atoms with Crippen molar-refractivity contribution >= 4 is 39.1 Å². The van der Waals surface area contributed by atoms with Gasteiger partial charge in [-0.1, -0.05) is 41.2 Å². The summed E-state index contributed by atoms with van der Waals surface area (Å²) in [4.78, 5) is 22.9. The average Bonchev–Trinajstić information content (AvgIpc) is 3.02. The molecule has 10 heteroatoms. The van der Waals surface area contributed by atoms with E-state index in [0.717, 1.165) is 16.9 Å². The summed E-state index contributed by atoms with van der Waals surface area (Å²) < 4.78 is 32.9. The summed E-state index contributed by atoms with van der Waals surface area (Å²) >= 11 is 0.952. The van der Waals surface area contributed by atoms with Crippen LogP contribution in [0.15, 0.2) is 53.4 Å². The van der Waals surface area contributed by atoms with Crippen LogP contribution in [0, 0.1) is 13.8 Å². The summed E-state index contributed by atoms with van der Waals surface area (Å²) in [5, 5.41) is 8.89. The van der Waals surface area contributed by atoms with Crippen molar-refractivity contribution in [2.24, 2.45) is 5.73 Å². The Hall–Kier alpha value is -3.37. The van der Waals surface area contributed by atoms with E-state index >= 15 is 0 Å². The zero-order valence-corrected chi connectivity index (χ0v) is 17.6. The fraction of sp³-hybridized carbons (Fsp3) is 0.100. The molecule has 30 heavy (non-hydrogen) atoms. The summed E-state index contributed by atoms with van der Waals surface area (Å²) in [5.74, 6) is -0.579. The van der Waals surface area contributed by atoms with Gasteiger partial charge in [-0.05, 0) is 49.2 Å². The van der Waals surface area contributed by atoms with Gasteiger partial charge in [-0.2, -0.15) is 0 Å². The van der Waals surface area contributed by atoms with Crippen molar-refractivity contribution in [1.82, 2.24) is 0 Å². The van der Waals surface area contributed by atoms with Gasteiger partial charge in [0.05, 0.1) is 4.90 Å². The maximum atomic E-state index is 12.9. The molecule has 0 atom stereocenters. The number of nitrogens with two attached hydrogens (primary N) is 1. The molecule has 0 bridgehead atoms. The quantitative estimate of drug-likeness (QED) is 0.490. The number of anilines is 1. The highest BCUT2D eigenvalue weighted by Gasteiger charge is 2.22. The molecule has 0 aliphatic heterocycles. The minimum atomic E-state index is -3.98. The van der Waals surface area contributed by atoms with Crippen LogP contribution in [-0.4, -0.2) is 25.6 Å². The van der Waals surface area contributed by atoms with Crippen LogP contribution in [0.2, 0.25) is 0 Å². The molecule has 3 rings (SSSR count). The lowest BCUT2D eigenvalue weighted by Gasteiger charge is -2.10. The molecule has 3 aromatic rings. The monoisotopic (exact) mass is 446 g/mol. The van der Waals surface area contributed by atoms with Crippen molar-refractivity contribution in [2.45, 2.75) is 18.7 Å². The average molecular weight is 447 g/mol. The number of rotatable bonds is 6. The molecule has 0 aliphatic carbocycles. The molecule has 2 aromatic carbocycles. The number of amides is 1. The Morgan fingerprint density at radius 3 is 2.30 bits per heavy atom. The summed E-state index contributed by atoms with van der Waals surface area (Å²) in [6, 6.07) is 12.7. The van der Waals surface area contributed by atoms with Crippen molar-refractivity contribution in [3.63, 3.8) is 0 Å². The minimum Gasteiger partial charge on any atom is -0.449 e. The van der Waals surface area contributed by atoms with Gasteiger partial charge in [0.15, 0.2) is 0 Å². The molecule has 0 unspecified atom stereocenters. The second kappa shape index (κ2) is 8.17. The maximum Gasteiger partial charge on any atom is 0.512 e. The third kappa shape index (κ3) is 4.61. The third-order valence-electron chi connectivity index (χ3n) is 4.20. The molecule has 1 heterocycles. The number of hydrogen-bond donors (Lipinski definition) is 3. The van der Waals surface area contributed by atoms with E-state index in [1.807, 2.05) is 6.92 Å². The Balaban J connectivity index is 2.00. The first-order valence-electron chi connectivity index (χ1n) is 8.62. The molecule has 4 N–H and O–H groups in total. The zero-order valence-electron chi connectivity index (χ0n) is 16.0. The predicted octanol–water partition coefficient (Wildman–Crippen LogP) is 3.99. The summed E-state index contributed by atoms with van der Waals surface area (Å²) in [5.41, 5.74) is 7.65. The van der Waals surface area contributed by atoms with Crippen LogP contribution in [-0.2, 0) is 10.0 Å². The standard InChI is InChI=1S/C20H18N2O6S2/c1-11-3-8-17(12(2)9-11)30(26,27)22-15-10-16(29-19(15)28-20(24)25)13-4-6-14(7-5-13)18(21)23/h3-10,22H,1-2H3,(H2,21,23)(H,24,25). The lowest BCUT2D eigenvalue weighted by Crippen LogP contribution is -2.15. The molecule has 0 saturated heterocycles. The van der Waals surface area contributed by atoms with Gasteiger partial charge in [-0.25, -0.2) is 13.2 Å². The topological polar surface area (TPSA) is 136 Å². The van der Waals surface area contributed by atoms with Gasteiger partial charge in [-0.3, -0.25) is 9.52 Å². The van der Waals surface area contributed by atoms with Crippen LogP contribution < -0.4 is 15.2 Å². The second-order valence-corrected chi connectivity index (χ2v) is 9.16. The SMILES string of the molecule is Cc1ccc(S(=O)(=O)Nc2cc(-c3ccc(C(N)=O)cc3)sc2OC(=O)O)c(C)c1. The summed E-state index contributed by atoms with van der Waals surface area (Å²) in [7, 11) is -3.98. The largest absolute Gasteiger partial charge is 0.512 e. The molecule has 8 nitrogen and oxygen atoms in total. The van der Waals surface area contributed by atoms with E-state index < -0.39 is 22.1 Å². The molecule has 0 spiro atoms. The van der Waals surface area contributed by atoms with E-state index in [1.165, 1.54) is 24.3 Å². The molecule has 1 amide bonds. The lowest BCUT2D eigenvalue weighted by atomic mass is 10.1. The number of sulfonamides is 1. The fourth-order valence-corrected chi connectivity index (χ4v) is 5.15. The highest BCUT2D eigenvalue weighted by molar-refractivity contribution is 7.92. The second-order valence-electron chi connectivity index (χ2n) is 6.50. The molecule has 0 fully saturated rings. The molecule has 156 valence electrons. The molecular formula is C20H18N2O6S2. The normalized spacial score (nSPS) is 11.1. The van der Waals surface area contributed by atoms with Gasteiger partial charge in [0.25, 0.3) is 10.0 Å². The highest BCUT2D eigenvalue weighted by atomic mass is 32.2. The fourth-order valence-electron chi connectivity index (χ4n) is 2.84. The van der Waals surface area contributed by atoms with E-state index in [1.54, 1.807) is 31.2 Å². The number of benzene rings is 2. The van der Waals surface area contributed by atoms with Crippen LogP contribution in [0.3, 0.4) is 0 Å². The Morgan fingerprint density at radius 2 is 1.73 bits per heavy atom. The van der Waals surface area contributed by atoms with Gasteiger partial charge in [0.1, 0.15) is 5.69 Å². The number of nitrogens with one attached hydrogen (secondary N) is 1. The zero-order chi connectivity index (χ0) is 22.1. The van der Waals surface area contributed by atoms with Gasteiger partial charge < -0.3 is 15.6 Å². The Bertz CT molecular complexity index is 1230. The van der Waals surface area contributed by atoms with Gasteiger partial charge in [0.2, 0.25) is 11.0 Å². The first-order chi connectivity index (χ1) is 14.1. The number of ether oxygens (including phenoxy) is 1. The van der Waals surface area contributed by atoms with Gasteiger partial charge >= 0.3 is 6.16 Å². The number of primary amides is 1. The van der Waals surface area contributed by atoms with Gasteiger partial charge in [-0.15, -0.1) is 0 Å². The number of carbonyl (C=O) groups excluding carboxylic acids is 1. The van der Waals surface area contributed by atoms with Crippen LogP contribution in [0.4, 0.5) is 10.5 Å². The lowest BCUT2D eigenvalue weighted by molar-refractivity contribution is 0.1000. The Morgan fingerprint density at radius 1 is 1.07 bits per heavy atom. The van der Waals surface area contributed by atoms with Gasteiger partial charge in [0, 0.05) is 10.4 Å². The summed E-state index contributed by atoms with van der Waals surface area (Å²) in [6.07, 6.45) is -1.57. The van der Waals surface area contributed by atoms with Crippen LogP contribution in [0.1, 0.15) is 21.5 Å². The van der Waals surface area contributed by atoms with E-state index in [-0.39, 0.29) is 15.6 Å². The molecule has 1 aromatic heterocycles. The van der Waals surface area contributed by atoms with Crippen molar-refractivity contribution in [2.75, 3.05) is 4.72 Å².